The fourth-order valence-electron chi connectivity index (χ4n) is 3.20. The monoisotopic (exact) mass is 278 g/mol. The molecular formula is C14H15BrO. The highest BCUT2D eigenvalue weighted by molar-refractivity contribution is 9.09. The minimum absolute atomic E-state index is 0.317. The van der Waals surface area contributed by atoms with Gasteiger partial charge in [-0.1, -0.05) is 40.2 Å². The van der Waals surface area contributed by atoms with Gasteiger partial charge in [-0.05, 0) is 35.8 Å². The highest BCUT2D eigenvalue weighted by atomic mass is 79.9. The van der Waals surface area contributed by atoms with E-state index in [1.165, 1.54) is 11.1 Å². The highest BCUT2D eigenvalue weighted by Crippen LogP contribution is 2.57. The molecule has 2 aliphatic carbocycles. The molecule has 16 heavy (non-hydrogen) atoms. The van der Waals surface area contributed by atoms with Crippen LogP contribution in [0, 0.1) is 5.41 Å². The standard InChI is InChI=1S/C14H15BrO/c15-13-12-4-2-1-3-10(12)9-14(13)7-5-11(16)6-8-14/h1-4,13H,5-9H2. The van der Waals surface area contributed by atoms with E-state index in [1.54, 1.807) is 0 Å². The Morgan fingerprint density at radius 3 is 2.56 bits per heavy atom. The molecule has 1 aromatic rings. The molecule has 1 saturated carbocycles. The minimum atomic E-state index is 0.317. The van der Waals surface area contributed by atoms with E-state index in [0.29, 0.717) is 16.0 Å². The molecule has 0 heterocycles. The fraction of sp³-hybridized carbons (Fsp3) is 0.500. The summed E-state index contributed by atoms with van der Waals surface area (Å²) in [4.78, 5) is 11.8. The molecule has 3 rings (SSSR count). The van der Waals surface area contributed by atoms with Crippen LogP contribution in [0.15, 0.2) is 24.3 Å². The second kappa shape index (κ2) is 3.69. The first-order valence-electron chi connectivity index (χ1n) is 5.95. The van der Waals surface area contributed by atoms with Crippen molar-refractivity contribution in [3.8, 4) is 0 Å². The lowest BCUT2D eigenvalue weighted by molar-refractivity contribution is -0.122. The predicted molar refractivity (Wildman–Crippen MR) is 67.7 cm³/mol. The van der Waals surface area contributed by atoms with Gasteiger partial charge < -0.3 is 0 Å². The quantitative estimate of drug-likeness (QED) is 0.660. The van der Waals surface area contributed by atoms with Crippen LogP contribution >= 0.6 is 15.9 Å². The van der Waals surface area contributed by atoms with E-state index in [4.69, 9.17) is 0 Å². The first kappa shape index (κ1) is 10.5. The zero-order valence-electron chi connectivity index (χ0n) is 9.21. The van der Waals surface area contributed by atoms with E-state index in [0.717, 1.165) is 32.1 Å². The van der Waals surface area contributed by atoms with Gasteiger partial charge in [-0.25, -0.2) is 0 Å². The molecule has 0 N–H and O–H groups in total. The average Bonchev–Trinajstić information content (AvgIpc) is 2.58. The van der Waals surface area contributed by atoms with E-state index in [1.807, 2.05) is 0 Å². The summed E-state index contributed by atoms with van der Waals surface area (Å²) in [5, 5.41) is 0. The zero-order chi connectivity index (χ0) is 11.2. The molecule has 1 atom stereocenters. The van der Waals surface area contributed by atoms with Crippen molar-refractivity contribution in [3.05, 3.63) is 35.4 Å². The molecule has 1 aromatic carbocycles. The smallest absolute Gasteiger partial charge is 0.132 e. The molecule has 0 amide bonds. The van der Waals surface area contributed by atoms with Crippen molar-refractivity contribution in [2.24, 2.45) is 5.41 Å². The van der Waals surface area contributed by atoms with Gasteiger partial charge in [0, 0.05) is 17.7 Å². The van der Waals surface area contributed by atoms with Gasteiger partial charge in [-0.2, -0.15) is 0 Å². The third kappa shape index (κ3) is 1.46. The maximum Gasteiger partial charge on any atom is 0.132 e. The molecule has 1 nitrogen and oxygen atoms in total. The third-order valence-electron chi connectivity index (χ3n) is 4.21. The van der Waals surface area contributed by atoms with Crippen LogP contribution < -0.4 is 0 Å². The Morgan fingerprint density at radius 2 is 1.88 bits per heavy atom. The first-order chi connectivity index (χ1) is 7.71. The zero-order valence-corrected chi connectivity index (χ0v) is 10.8. The van der Waals surface area contributed by atoms with Gasteiger partial charge >= 0.3 is 0 Å². The molecule has 0 radical (unpaired) electrons. The lowest BCUT2D eigenvalue weighted by Crippen LogP contribution is -2.29. The highest BCUT2D eigenvalue weighted by Gasteiger charge is 2.46. The first-order valence-corrected chi connectivity index (χ1v) is 6.86. The summed E-state index contributed by atoms with van der Waals surface area (Å²) in [5.74, 6) is 0.446. The maximum atomic E-state index is 11.4. The number of halogens is 1. The summed E-state index contributed by atoms with van der Waals surface area (Å²) in [6, 6.07) is 8.68. The Kier molecular flexibility index (Phi) is 2.43. The lowest BCUT2D eigenvalue weighted by atomic mass is 9.71. The predicted octanol–water partition coefficient (Wildman–Crippen LogP) is 3.81. The fourth-order valence-corrected chi connectivity index (χ4v) is 4.26. The second-order valence-electron chi connectivity index (χ2n) is 5.14. The number of Topliss-reactive ketones (excluding diaryl/α,β-unsaturated/α-hetero) is 1. The molecule has 2 aliphatic rings. The number of rotatable bonds is 0. The van der Waals surface area contributed by atoms with Crippen molar-refractivity contribution in [1.82, 2.24) is 0 Å². The van der Waals surface area contributed by atoms with Crippen LogP contribution in [0.5, 0.6) is 0 Å². The molecule has 1 unspecified atom stereocenters. The van der Waals surface area contributed by atoms with Crippen LogP contribution in [-0.4, -0.2) is 5.78 Å². The van der Waals surface area contributed by atoms with Crippen LogP contribution in [0.25, 0.3) is 0 Å². The second-order valence-corrected chi connectivity index (χ2v) is 6.05. The van der Waals surface area contributed by atoms with Crippen molar-refractivity contribution < 1.29 is 4.79 Å². The minimum Gasteiger partial charge on any atom is -0.300 e. The number of benzene rings is 1. The van der Waals surface area contributed by atoms with Gasteiger partial charge in [-0.3, -0.25) is 4.79 Å². The lowest BCUT2D eigenvalue weighted by Gasteiger charge is -2.36. The molecule has 84 valence electrons. The largest absolute Gasteiger partial charge is 0.300 e. The molecule has 0 saturated heterocycles. The number of fused-ring (bicyclic) bond motifs is 1. The summed E-state index contributed by atoms with van der Waals surface area (Å²) in [7, 11) is 0. The topological polar surface area (TPSA) is 17.1 Å². The SMILES string of the molecule is O=C1CCC2(CC1)Cc1ccccc1C2Br. The Bertz CT molecular complexity index is 428. The van der Waals surface area contributed by atoms with E-state index in [2.05, 4.69) is 40.2 Å². The van der Waals surface area contributed by atoms with E-state index in [-0.39, 0.29) is 0 Å². The van der Waals surface area contributed by atoms with Crippen molar-refractivity contribution in [1.29, 1.82) is 0 Å². The van der Waals surface area contributed by atoms with Crippen molar-refractivity contribution in [3.63, 3.8) is 0 Å². The molecule has 0 aromatic heterocycles. The number of ketones is 1. The Labute approximate surface area is 104 Å². The third-order valence-corrected chi connectivity index (χ3v) is 5.68. The van der Waals surface area contributed by atoms with Crippen LogP contribution in [0.4, 0.5) is 0 Å². The van der Waals surface area contributed by atoms with E-state index in [9.17, 15) is 4.79 Å². The molecule has 1 fully saturated rings. The van der Waals surface area contributed by atoms with Crippen LogP contribution in [-0.2, 0) is 11.2 Å². The normalized spacial score (nSPS) is 27.1. The number of hydrogen-bond acceptors (Lipinski definition) is 1. The molecule has 0 aliphatic heterocycles. The van der Waals surface area contributed by atoms with Crippen molar-refractivity contribution in [2.75, 3.05) is 0 Å². The maximum absolute atomic E-state index is 11.4. The summed E-state index contributed by atoms with van der Waals surface area (Å²) in [6.45, 7) is 0. The number of carbonyl (C=O) groups excluding carboxylic acids is 1. The summed E-state index contributed by atoms with van der Waals surface area (Å²) >= 11 is 3.86. The molecule has 0 bridgehead atoms. The summed E-state index contributed by atoms with van der Waals surface area (Å²) in [5.41, 5.74) is 3.23. The van der Waals surface area contributed by atoms with Gasteiger partial charge in [0.25, 0.3) is 0 Å². The average molecular weight is 279 g/mol. The van der Waals surface area contributed by atoms with Crippen LogP contribution in [0.1, 0.15) is 41.6 Å². The Morgan fingerprint density at radius 1 is 1.19 bits per heavy atom. The van der Waals surface area contributed by atoms with Gasteiger partial charge in [0.15, 0.2) is 0 Å². The van der Waals surface area contributed by atoms with E-state index >= 15 is 0 Å². The molecular weight excluding hydrogens is 264 g/mol. The number of carbonyl (C=O) groups is 1. The summed E-state index contributed by atoms with van der Waals surface area (Å²) in [6.07, 6.45) is 4.80. The van der Waals surface area contributed by atoms with Crippen LogP contribution in [0.3, 0.4) is 0 Å². The van der Waals surface area contributed by atoms with E-state index < -0.39 is 0 Å². The van der Waals surface area contributed by atoms with Gasteiger partial charge in [-0.15, -0.1) is 0 Å². The summed E-state index contributed by atoms with van der Waals surface area (Å²) < 4.78 is 0. The number of hydrogen-bond donors (Lipinski definition) is 0. The number of alkyl halides is 1. The van der Waals surface area contributed by atoms with Gasteiger partial charge in [0.05, 0.1) is 0 Å². The van der Waals surface area contributed by atoms with Gasteiger partial charge in [0.2, 0.25) is 0 Å². The molecule has 2 heteroatoms. The van der Waals surface area contributed by atoms with Gasteiger partial charge in [0.1, 0.15) is 5.78 Å². The Hall–Kier alpha value is -0.630. The molecule has 1 spiro atoms. The van der Waals surface area contributed by atoms with Crippen molar-refractivity contribution in [2.45, 2.75) is 36.9 Å². The van der Waals surface area contributed by atoms with Crippen LogP contribution in [0.2, 0.25) is 0 Å². The van der Waals surface area contributed by atoms with Crippen molar-refractivity contribution >= 4 is 21.7 Å². The Balaban J connectivity index is 1.94.